The van der Waals surface area contributed by atoms with Crippen LogP contribution in [0.5, 0.6) is 0 Å². The molecular weight excluding hydrogens is 298 g/mol. The second-order valence-corrected chi connectivity index (χ2v) is 5.48. The summed E-state index contributed by atoms with van der Waals surface area (Å²) in [5.74, 6) is -1.90. The molecule has 3 rings (SSSR count). The van der Waals surface area contributed by atoms with E-state index in [4.69, 9.17) is 16.0 Å². The number of halogens is 1. The Morgan fingerprint density at radius 1 is 1.38 bits per heavy atom. The zero-order chi connectivity index (χ0) is 15.3. The van der Waals surface area contributed by atoms with E-state index in [0.29, 0.717) is 17.5 Å². The van der Waals surface area contributed by atoms with Crippen LogP contribution in [0.3, 0.4) is 0 Å². The molecule has 21 heavy (non-hydrogen) atoms. The number of Topliss-reactive ketones (excluding diaryl/α,β-unsaturated/α-hetero) is 1. The lowest BCUT2D eigenvalue weighted by atomic mass is 10.1. The van der Waals surface area contributed by atoms with Crippen LogP contribution in [0.15, 0.2) is 21.3 Å². The molecule has 1 aliphatic rings. The van der Waals surface area contributed by atoms with E-state index in [2.05, 4.69) is 4.74 Å². The predicted molar refractivity (Wildman–Crippen MR) is 74.4 cm³/mol. The van der Waals surface area contributed by atoms with Crippen LogP contribution in [0.4, 0.5) is 0 Å². The number of carbonyl (C=O) groups is 2. The second-order valence-electron chi connectivity index (χ2n) is 5.07. The molecule has 2 atom stereocenters. The standard InChI is InChI=1S/C14H12ClNO5/c1-16-11-9(15)3-6(4-10(11)21-14(16)19)12(17)7-5-8(7)13(18)20-2/h3-4,7-8H,5H2,1-2H3/t7-,8-/m0/s1. The second kappa shape index (κ2) is 4.73. The predicted octanol–water partition coefficient (Wildman–Crippen LogP) is 1.78. The molecule has 1 aromatic carbocycles. The van der Waals surface area contributed by atoms with Crippen molar-refractivity contribution in [1.29, 1.82) is 0 Å². The molecule has 1 heterocycles. The lowest BCUT2D eigenvalue weighted by Gasteiger charge is -2.02. The first kappa shape index (κ1) is 13.9. The molecule has 0 radical (unpaired) electrons. The Morgan fingerprint density at radius 3 is 2.76 bits per heavy atom. The van der Waals surface area contributed by atoms with Gasteiger partial charge in [-0.2, -0.15) is 0 Å². The summed E-state index contributed by atoms with van der Waals surface area (Å²) in [6, 6.07) is 2.98. The monoisotopic (exact) mass is 309 g/mol. The fourth-order valence-corrected chi connectivity index (χ4v) is 2.82. The lowest BCUT2D eigenvalue weighted by molar-refractivity contribution is -0.142. The molecule has 0 aliphatic heterocycles. The molecule has 0 saturated heterocycles. The summed E-state index contributed by atoms with van der Waals surface area (Å²) in [6.45, 7) is 0. The van der Waals surface area contributed by atoms with Crippen molar-refractivity contribution in [3.63, 3.8) is 0 Å². The quantitative estimate of drug-likeness (QED) is 0.638. The van der Waals surface area contributed by atoms with E-state index >= 15 is 0 Å². The van der Waals surface area contributed by atoms with Crippen molar-refractivity contribution in [2.45, 2.75) is 6.42 Å². The molecule has 0 amide bonds. The molecule has 7 heteroatoms. The van der Waals surface area contributed by atoms with E-state index in [1.165, 1.54) is 30.9 Å². The Morgan fingerprint density at radius 2 is 2.10 bits per heavy atom. The van der Waals surface area contributed by atoms with Gasteiger partial charge < -0.3 is 9.15 Å². The highest BCUT2D eigenvalue weighted by Crippen LogP contribution is 2.42. The molecular formula is C14H12ClNO5. The number of fused-ring (bicyclic) bond motifs is 1. The topological polar surface area (TPSA) is 78.5 Å². The number of oxazole rings is 1. The van der Waals surface area contributed by atoms with Gasteiger partial charge in [0, 0.05) is 18.5 Å². The number of aromatic nitrogens is 1. The summed E-state index contributed by atoms with van der Waals surface area (Å²) >= 11 is 6.11. The Balaban J connectivity index is 1.97. The third-order valence-corrected chi connectivity index (χ3v) is 4.04. The summed E-state index contributed by atoms with van der Waals surface area (Å²) in [6.07, 6.45) is 0.472. The Bertz CT molecular complexity index is 819. The van der Waals surface area contributed by atoms with E-state index in [-0.39, 0.29) is 34.2 Å². The fraction of sp³-hybridized carbons (Fsp3) is 0.357. The van der Waals surface area contributed by atoms with Gasteiger partial charge in [-0.05, 0) is 18.6 Å². The third-order valence-electron chi connectivity index (χ3n) is 3.75. The normalized spacial score (nSPS) is 20.5. The minimum atomic E-state index is -0.546. The van der Waals surface area contributed by atoms with Crippen LogP contribution in [0.1, 0.15) is 16.8 Å². The van der Waals surface area contributed by atoms with Gasteiger partial charge in [0.1, 0.15) is 5.52 Å². The van der Waals surface area contributed by atoms with Crippen LogP contribution in [0, 0.1) is 11.8 Å². The van der Waals surface area contributed by atoms with E-state index < -0.39 is 5.76 Å². The summed E-state index contributed by atoms with van der Waals surface area (Å²) in [5, 5.41) is 0.263. The SMILES string of the molecule is COC(=O)[C@H]1C[C@@H]1C(=O)c1cc(Cl)c2c(c1)oc(=O)n2C. The smallest absolute Gasteiger partial charge is 0.419 e. The zero-order valence-electron chi connectivity index (χ0n) is 11.4. The molecule has 1 fully saturated rings. The van der Waals surface area contributed by atoms with Gasteiger partial charge in [-0.3, -0.25) is 14.2 Å². The number of ether oxygens (including phenoxy) is 1. The maximum atomic E-state index is 12.3. The fourth-order valence-electron chi connectivity index (χ4n) is 2.48. The first-order chi connectivity index (χ1) is 9.93. The van der Waals surface area contributed by atoms with Crippen molar-refractivity contribution in [3.05, 3.63) is 33.3 Å². The molecule has 2 aromatic rings. The van der Waals surface area contributed by atoms with E-state index in [1.807, 2.05) is 0 Å². The van der Waals surface area contributed by atoms with Crippen molar-refractivity contribution in [2.24, 2.45) is 18.9 Å². The minimum absolute atomic E-state index is 0.194. The molecule has 0 spiro atoms. The number of esters is 1. The molecule has 110 valence electrons. The maximum absolute atomic E-state index is 12.3. The Hall–Kier alpha value is -2.08. The Kier molecular flexibility index (Phi) is 3.13. The number of methoxy groups -OCH3 is 1. The molecule has 0 unspecified atom stereocenters. The first-order valence-electron chi connectivity index (χ1n) is 6.35. The van der Waals surface area contributed by atoms with Crippen LogP contribution in [-0.4, -0.2) is 23.4 Å². The molecule has 0 bridgehead atoms. The van der Waals surface area contributed by atoms with Crippen molar-refractivity contribution >= 4 is 34.5 Å². The lowest BCUT2D eigenvalue weighted by Crippen LogP contribution is -2.10. The number of benzene rings is 1. The number of hydrogen-bond acceptors (Lipinski definition) is 5. The highest BCUT2D eigenvalue weighted by atomic mass is 35.5. The zero-order valence-corrected chi connectivity index (χ0v) is 12.1. The minimum Gasteiger partial charge on any atom is -0.469 e. The van der Waals surface area contributed by atoms with Gasteiger partial charge in [0.2, 0.25) is 0 Å². The number of rotatable bonds is 3. The van der Waals surface area contributed by atoms with E-state index in [0.717, 1.165) is 0 Å². The number of carbonyl (C=O) groups excluding carboxylic acids is 2. The van der Waals surface area contributed by atoms with Crippen molar-refractivity contribution < 1.29 is 18.7 Å². The van der Waals surface area contributed by atoms with Gasteiger partial charge in [0.15, 0.2) is 11.4 Å². The van der Waals surface area contributed by atoms with Gasteiger partial charge in [0.25, 0.3) is 0 Å². The van der Waals surface area contributed by atoms with Gasteiger partial charge >= 0.3 is 11.7 Å². The first-order valence-corrected chi connectivity index (χ1v) is 6.73. The summed E-state index contributed by atoms with van der Waals surface area (Å²) in [7, 11) is 2.83. The van der Waals surface area contributed by atoms with Crippen LogP contribution < -0.4 is 5.76 Å². The molecule has 1 saturated carbocycles. The van der Waals surface area contributed by atoms with E-state index in [9.17, 15) is 14.4 Å². The average molecular weight is 310 g/mol. The van der Waals surface area contributed by atoms with Gasteiger partial charge in [0.05, 0.1) is 18.1 Å². The van der Waals surface area contributed by atoms with Gasteiger partial charge in [-0.15, -0.1) is 0 Å². The number of ketones is 1. The van der Waals surface area contributed by atoms with Gasteiger partial charge in [-0.1, -0.05) is 11.6 Å². The van der Waals surface area contributed by atoms with Crippen LogP contribution >= 0.6 is 11.6 Å². The van der Waals surface area contributed by atoms with Crippen molar-refractivity contribution in [3.8, 4) is 0 Å². The summed E-state index contributed by atoms with van der Waals surface area (Å²) < 4.78 is 10.9. The highest BCUT2D eigenvalue weighted by molar-refractivity contribution is 6.35. The van der Waals surface area contributed by atoms with Crippen molar-refractivity contribution in [2.75, 3.05) is 7.11 Å². The number of nitrogens with zero attached hydrogens (tertiary/aromatic N) is 1. The molecule has 0 N–H and O–H groups in total. The maximum Gasteiger partial charge on any atom is 0.419 e. The number of aryl methyl sites for hydroxylation is 1. The molecule has 6 nitrogen and oxygen atoms in total. The summed E-state index contributed by atoms with van der Waals surface area (Å²) in [5.41, 5.74) is 1.03. The third kappa shape index (κ3) is 2.15. The van der Waals surface area contributed by atoms with Crippen LogP contribution in [0.2, 0.25) is 5.02 Å². The van der Waals surface area contributed by atoms with Crippen LogP contribution in [0.25, 0.3) is 11.1 Å². The Labute approximate surface area is 124 Å². The van der Waals surface area contributed by atoms with Gasteiger partial charge in [-0.25, -0.2) is 4.79 Å². The average Bonchev–Trinajstić information content (AvgIpc) is 3.19. The molecule has 1 aromatic heterocycles. The number of hydrogen-bond donors (Lipinski definition) is 0. The highest BCUT2D eigenvalue weighted by Gasteiger charge is 2.49. The van der Waals surface area contributed by atoms with Crippen molar-refractivity contribution in [1.82, 2.24) is 4.57 Å². The summed E-state index contributed by atoms with van der Waals surface area (Å²) in [4.78, 5) is 35.2. The molecule has 1 aliphatic carbocycles. The van der Waals surface area contributed by atoms with E-state index in [1.54, 1.807) is 0 Å². The van der Waals surface area contributed by atoms with Crippen LogP contribution in [-0.2, 0) is 16.6 Å². The largest absolute Gasteiger partial charge is 0.469 e.